The highest BCUT2D eigenvalue weighted by molar-refractivity contribution is 5.95. The topological polar surface area (TPSA) is 188 Å². The van der Waals surface area contributed by atoms with Crippen LogP contribution < -0.4 is 21.7 Å². The van der Waals surface area contributed by atoms with E-state index in [1.54, 1.807) is 20.8 Å². The van der Waals surface area contributed by atoms with Crippen LogP contribution >= 0.6 is 0 Å². The van der Waals surface area contributed by atoms with E-state index >= 15 is 0 Å². The lowest BCUT2D eigenvalue weighted by atomic mass is 9.98. The predicted molar refractivity (Wildman–Crippen MR) is 108 cm³/mol. The van der Waals surface area contributed by atoms with Crippen LogP contribution in [0.25, 0.3) is 0 Å². The highest BCUT2D eigenvalue weighted by Gasteiger charge is 2.32. The highest BCUT2D eigenvalue weighted by Crippen LogP contribution is 2.09. The smallest absolute Gasteiger partial charge is 0.326 e. The van der Waals surface area contributed by atoms with Crippen molar-refractivity contribution in [2.75, 3.05) is 0 Å². The van der Waals surface area contributed by atoms with E-state index in [1.165, 1.54) is 6.92 Å². The largest absolute Gasteiger partial charge is 0.481 e. The van der Waals surface area contributed by atoms with Crippen LogP contribution in [0.1, 0.15) is 53.9 Å². The molecule has 3 amide bonds. The van der Waals surface area contributed by atoms with Crippen LogP contribution in [-0.4, -0.2) is 64.0 Å². The third-order valence-corrected chi connectivity index (χ3v) is 5.10. The van der Waals surface area contributed by atoms with Gasteiger partial charge in [-0.05, 0) is 18.8 Å². The summed E-state index contributed by atoms with van der Waals surface area (Å²) in [5.74, 6) is -5.43. The average Bonchev–Trinajstić information content (AvgIpc) is 2.68. The molecule has 7 N–H and O–H groups in total. The summed E-state index contributed by atoms with van der Waals surface area (Å²) in [6.45, 7) is 8.40. The van der Waals surface area contributed by atoms with Crippen LogP contribution in [0.15, 0.2) is 0 Å². The fraction of sp³-hybridized carbons (Fsp3) is 0.737. The van der Waals surface area contributed by atoms with Crippen molar-refractivity contribution in [2.24, 2.45) is 17.6 Å². The second-order valence-corrected chi connectivity index (χ2v) is 7.51. The second-order valence-electron chi connectivity index (χ2n) is 7.51. The van der Waals surface area contributed by atoms with Gasteiger partial charge in [0.25, 0.3) is 0 Å². The molecule has 11 nitrogen and oxygen atoms in total. The van der Waals surface area contributed by atoms with Gasteiger partial charge in [-0.2, -0.15) is 0 Å². The summed E-state index contributed by atoms with van der Waals surface area (Å²) in [5, 5.41) is 25.3. The first kappa shape index (κ1) is 27.3. The molecule has 0 radical (unpaired) electrons. The van der Waals surface area contributed by atoms with Crippen molar-refractivity contribution in [2.45, 2.75) is 78.0 Å². The van der Waals surface area contributed by atoms with Gasteiger partial charge >= 0.3 is 11.9 Å². The minimum absolute atomic E-state index is 0.112. The molecule has 0 saturated heterocycles. The van der Waals surface area contributed by atoms with E-state index in [9.17, 15) is 29.1 Å². The Morgan fingerprint density at radius 2 is 1.33 bits per heavy atom. The Bertz CT molecular complexity index is 640. The number of rotatable bonds is 13. The molecule has 0 heterocycles. The molecule has 30 heavy (non-hydrogen) atoms. The molecule has 0 saturated carbocycles. The molecule has 0 aromatic heterocycles. The monoisotopic (exact) mass is 430 g/mol. The van der Waals surface area contributed by atoms with Gasteiger partial charge in [0.1, 0.15) is 18.1 Å². The summed E-state index contributed by atoms with van der Waals surface area (Å²) in [7, 11) is 0. The van der Waals surface area contributed by atoms with E-state index in [4.69, 9.17) is 10.8 Å². The molecule has 0 aromatic rings. The van der Waals surface area contributed by atoms with Crippen molar-refractivity contribution in [3.05, 3.63) is 0 Å². The van der Waals surface area contributed by atoms with Crippen LogP contribution in [0.4, 0.5) is 0 Å². The zero-order chi connectivity index (χ0) is 23.6. The van der Waals surface area contributed by atoms with E-state index in [1.807, 2.05) is 6.92 Å². The zero-order valence-corrected chi connectivity index (χ0v) is 18.1. The molecule has 0 aliphatic heterocycles. The first-order valence-electron chi connectivity index (χ1n) is 9.96. The molecule has 0 bridgehead atoms. The molecular weight excluding hydrogens is 396 g/mol. The van der Waals surface area contributed by atoms with Gasteiger partial charge in [0.15, 0.2) is 0 Å². The number of carbonyl (C=O) groups is 5. The van der Waals surface area contributed by atoms with Gasteiger partial charge in [0, 0.05) is 0 Å². The Balaban J connectivity index is 5.21. The first-order chi connectivity index (χ1) is 13.8. The third kappa shape index (κ3) is 8.76. The molecule has 6 atom stereocenters. The van der Waals surface area contributed by atoms with Gasteiger partial charge in [-0.3, -0.25) is 19.2 Å². The van der Waals surface area contributed by atoms with Gasteiger partial charge in [-0.15, -0.1) is 0 Å². The normalized spacial score (nSPS) is 16.9. The van der Waals surface area contributed by atoms with Crippen molar-refractivity contribution in [1.82, 2.24) is 16.0 Å². The van der Waals surface area contributed by atoms with E-state index < -0.39 is 66.2 Å². The Kier molecular flexibility index (Phi) is 11.6. The summed E-state index contributed by atoms with van der Waals surface area (Å²) in [4.78, 5) is 59.5. The lowest BCUT2D eigenvalue weighted by molar-refractivity contribution is -0.144. The molecule has 0 aliphatic rings. The summed E-state index contributed by atoms with van der Waals surface area (Å²) in [6.07, 6.45) is 0.376. The Labute approximate surface area is 176 Å². The van der Waals surface area contributed by atoms with Gasteiger partial charge in [-0.1, -0.05) is 40.5 Å². The maximum absolute atomic E-state index is 12.5. The number of carbonyl (C=O) groups excluding carboxylic acids is 3. The lowest BCUT2D eigenvalue weighted by Crippen LogP contribution is -2.57. The standard InChI is InChI=1S/C19H34N4O7/c1-6-9(3)14(20)18(28)21-11(5)16(26)22-12(8-13(24)25)17(27)23-15(19(29)30)10(4)7-2/h9-12,14-15H,6-8,20H2,1-5H3,(H,21,28)(H,22,26)(H,23,27)(H,24,25)(H,29,30). The molecule has 0 spiro atoms. The maximum atomic E-state index is 12.5. The zero-order valence-electron chi connectivity index (χ0n) is 18.1. The summed E-state index contributed by atoms with van der Waals surface area (Å²) in [5.41, 5.74) is 5.82. The van der Waals surface area contributed by atoms with Crippen LogP contribution in [0, 0.1) is 11.8 Å². The number of amides is 3. The molecule has 0 aromatic carbocycles. The molecule has 0 rings (SSSR count). The number of nitrogens with one attached hydrogen (secondary N) is 3. The minimum atomic E-state index is -1.51. The van der Waals surface area contributed by atoms with Crippen molar-refractivity contribution in [3.8, 4) is 0 Å². The van der Waals surface area contributed by atoms with E-state index in [0.717, 1.165) is 0 Å². The fourth-order valence-corrected chi connectivity index (χ4v) is 2.51. The number of carboxylic acids is 2. The number of hydrogen-bond acceptors (Lipinski definition) is 6. The Morgan fingerprint density at radius 3 is 1.77 bits per heavy atom. The number of hydrogen-bond donors (Lipinski definition) is 6. The van der Waals surface area contributed by atoms with Gasteiger partial charge < -0.3 is 31.9 Å². The predicted octanol–water partition coefficient (Wildman–Crippen LogP) is -0.560. The van der Waals surface area contributed by atoms with E-state index in [2.05, 4.69) is 16.0 Å². The molecule has 6 unspecified atom stereocenters. The number of nitrogens with two attached hydrogens (primary N) is 1. The Morgan fingerprint density at radius 1 is 0.800 bits per heavy atom. The molecular formula is C19H34N4O7. The number of carboxylic acid groups (broad SMARTS) is 2. The van der Waals surface area contributed by atoms with Crippen molar-refractivity contribution >= 4 is 29.7 Å². The average molecular weight is 431 g/mol. The fourth-order valence-electron chi connectivity index (χ4n) is 2.51. The molecule has 0 aliphatic carbocycles. The van der Waals surface area contributed by atoms with Gasteiger partial charge in [0.05, 0.1) is 12.5 Å². The van der Waals surface area contributed by atoms with Gasteiger partial charge in [-0.25, -0.2) is 4.79 Å². The van der Waals surface area contributed by atoms with Crippen molar-refractivity contribution in [1.29, 1.82) is 0 Å². The molecule has 11 heteroatoms. The second kappa shape index (κ2) is 12.8. The van der Waals surface area contributed by atoms with Crippen molar-refractivity contribution in [3.63, 3.8) is 0 Å². The third-order valence-electron chi connectivity index (χ3n) is 5.10. The highest BCUT2D eigenvalue weighted by atomic mass is 16.4. The Hall–Kier alpha value is -2.69. The minimum Gasteiger partial charge on any atom is -0.481 e. The van der Waals surface area contributed by atoms with Crippen molar-refractivity contribution < 1.29 is 34.2 Å². The molecule has 172 valence electrons. The van der Waals surface area contributed by atoms with E-state index in [0.29, 0.717) is 12.8 Å². The maximum Gasteiger partial charge on any atom is 0.326 e. The van der Waals surface area contributed by atoms with Crippen LogP contribution in [0.2, 0.25) is 0 Å². The van der Waals surface area contributed by atoms with E-state index in [-0.39, 0.29) is 5.92 Å². The summed E-state index contributed by atoms with van der Waals surface area (Å²) >= 11 is 0. The van der Waals surface area contributed by atoms with Crippen LogP contribution in [0.3, 0.4) is 0 Å². The first-order valence-corrected chi connectivity index (χ1v) is 9.96. The lowest BCUT2D eigenvalue weighted by Gasteiger charge is -2.25. The number of aliphatic carboxylic acids is 2. The SMILES string of the molecule is CCC(C)C(N)C(=O)NC(C)C(=O)NC(CC(=O)O)C(=O)NC(C(=O)O)C(C)CC. The van der Waals surface area contributed by atoms with Crippen LogP contribution in [0.5, 0.6) is 0 Å². The summed E-state index contributed by atoms with van der Waals surface area (Å²) < 4.78 is 0. The quantitative estimate of drug-likeness (QED) is 0.224. The molecule has 0 fully saturated rings. The van der Waals surface area contributed by atoms with Gasteiger partial charge in [0.2, 0.25) is 17.7 Å². The van der Waals surface area contributed by atoms with Crippen LogP contribution in [-0.2, 0) is 24.0 Å². The summed E-state index contributed by atoms with van der Waals surface area (Å²) in [6, 6.07) is -4.65.